The van der Waals surface area contributed by atoms with Crippen molar-refractivity contribution in [2.75, 3.05) is 38.3 Å². The number of halogens is 1. The van der Waals surface area contributed by atoms with Gasteiger partial charge in [-0.3, -0.25) is 0 Å². The summed E-state index contributed by atoms with van der Waals surface area (Å²) in [6.45, 7) is 3.60. The highest BCUT2D eigenvalue weighted by Crippen LogP contribution is 2.21. The summed E-state index contributed by atoms with van der Waals surface area (Å²) in [7, 11) is -1.89. The van der Waals surface area contributed by atoms with E-state index in [0.29, 0.717) is 11.4 Å². The van der Waals surface area contributed by atoms with Gasteiger partial charge < -0.3 is 9.64 Å². The molecule has 0 unspecified atom stereocenters. The Kier molecular flexibility index (Phi) is 5.78. The number of hydrogen-bond acceptors (Lipinski definition) is 4. The minimum absolute atomic E-state index is 0.295. The Labute approximate surface area is 157 Å². The second-order valence-electron chi connectivity index (χ2n) is 5.98. The van der Waals surface area contributed by atoms with E-state index in [2.05, 4.69) is 20.8 Å². The van der Waals surface area contributed by atoms with E-state index in [1.807, 2.05) is 24.3 Å². The maximum atomic E-state index is 12.7. The van der Waals surface area contributed by atoms with E-state index in [0.717, 1.165) is 42.0 Å². The molecule has 1 aliphatic heterocycles. The maximum Gasteiger partial charge on any atom is 0.243 e. The molecule has 2 aromatic carbocycles. The van der Waals surface area contributed by atoms with Crippen LogP contribution >= 0.6 is 15.9 Å². The number of ether oxygens (including phenoxy) is 1. The molecule has 0 atom stereocenters. The molecule has 1 saturated heterocycles. The van der Waals surface area contributed by atoms with Gasteiger partial charge in [-0.15, -0.1) is 0 Å². The molecule has 0 amide bonds. The Morgan fingerprint density at radius 2 is 1.64 bits per heavy atom. The Hall–Kier alpha value is -1.41. The Morgan fingerprint density at radius 3 is 2.24 bits per heavy atom. The first-order valence-corrected chi connectivity index (χ1v) is 10.3. The minimum Gasteiger partial charge on any atom is -0.378 e. The molecule has 134 valence electrons. The zero-order valence-corrected chi connectivity index (χ0v) is 16.5. The van der Waals surface area contributed by atoms with Crippen LogP contribution in [0.25, 0.3) is 0 Å². The first kappa shape index (κ1) is 18.4. The molecule has 0 N–H and O–H groups in total. The minimum atomic E-state index is -3.50. The van der Waals surface area contributed by atoms with E-state index in [-0.39, 0.29) is 0 Å². The smallest absolute Gasteiger partial charge is 0.243 e. The second kappa shape index (κ2) is 7.86. The molecule has 0 spiro atoms. The average molecular weight is 425 g/mol. The standard InChI is InChI=1S/C18H21BrN2O3S/c1-20(25(22,23)18-8-4-16(19)5-9-18)14-15-2-6-17(7-3-15)21-10-12-24-13-11-21/h2-9H,10-14H2,1H3. The van der Waals surface area contributed by atoms with Gasteiger partial charge >= 0.3 is 0 Å². The van der Waals surface area contributed by atoms with Gasteiger partial charge in [0.05, 0.1) is 18.1 Å². The van der Waals surface area contributed by atoms with E-state index in [1.165, 1.54) is 4.31 Å². The van der Waals surface area contributed by atoms with Crippen molar-refractivity contribution < 1.29 is 13.2 Å². The molecule has 7 heteroatoms. The van der Waals surface area contributed by atoms with E-state index >= 15 is 0 Å². The Bertz CT molecular complexity index is 801. The summed E-state index contributed by atoms with van der Waals surface area (Å²) in [4.78, 5) is 2.57. The fourth-order valence-electron chi connectivity index (χ4n) is 2.76. The van der Waals surface area contributed by atoms with Crippen molar-refractivity contribution in [3.63, 3.8) is 0 Å². The molecule has 0 saturated carbocycles. The molecule has 5 nitrogen and oxygen atoms in total. The lowest BCUT2D eigenvalue weighted by Crippen LogP contribution is -2.36. The van der Waals surface area contributed by atoms with Gasteiger partial charge in [-0.25, -0.2) is 8.42 Å². The van der Waals surface area contributed by atoms with Crippen LogP contribution in [-0.2, 0) is 21.3 Å². The molecule has 1 fully saturated rings. The van der Waals surface area contributed by atoms with Gasteiger partial charge in [0, 0.05) is 36.8 Å². The highest BCUT2D eigenvalue weighted by atomic mass is 79.9. The van der Waals surface area contributed by atoms with Crippen LogP contribution < -0.4 is 4.90 Å². The maximum absolute atomic E-state index is 12.7. The number of morpholine rings is 1. The second-order valence-corrected chi connectivity index (χ2v) is 8.94. The van der Waals surface area contributed by atoms with Crippen LogP contribution in [0.4, 0.5) is 5.69 Å². The highest BCUT2D eigenvalue weighted by Gasteiger charge is 2.21. The first-order chi connectivity index (χ1) is 12.0. The summed E-state index contributed by atoms with van der Waals surface area (Å²) in [5.74, 6) is 0. The molecule has 1 aliphatic rings. The third-order valence-corrected chi connectivity index (χ3v) is 6.59. The summed E-state index contributed by atoms with van der Waals surface area (Å²) >= 11 is 3.32. The summed E-state index contributed by atoms with van der Waals surface area (Å²) in [6.07, 6.45) is 0. The molecule has 3 rings (SSSR count). The van der Waals surface area contributed by atoms with Crippen molar-refractivity contribution in [3.05, 3.63) is 58.6 Å². The van der Waals surface area contributed by atoms with E-state index in [1.54, 1.807) is 31.3 Å². The summed E-state index contributed by atoms with van der Waals surface area (Å²) in [6, 6.07) is 14.7. The molecule has 2 aromatic rings. The largest absolute Gasteiger partial charge is 0.378 e. The molecule has 1 heterocycles. The van der Waals surface area contributed by atoms with Gasteiger partial charge in [-0.2, -0.15) is 4.31 Å². The molecule has 0 bridgehead atoms. The van der Waals surface area contributed by atoms with Crippen LogP contribution in [0.1, 0.15) is 5.56 Å². The van der Waals surface area contributed by atoms with Gasteiger partial charge in [0.15, 0.2) is 0 Å². The Morgan fingerprint density at radius 1 is 1.04 bits per heavy atom. The van der Waals surface area contributed by atoms with Crippen molar-refractivity contribution in [2.24, 2.45) is 0 Å². The number of hydrogen-bond donors (Lipinski definition) is 0. The van der Waals surface area contributed by atoms with Crippen LogP contribution in [0, 0.1) is 0 Å². The van der Waals surface area contributed by atoms with Crippen LogP contribution in [0.15, 0.2) is 57.9 Å². The fourth-order valence-corrected chi connectivity index (χ4v) is 4.19. The van der Waals surface area contributed by atoms with Gasteiger partial charge in [0.25, 0.3) is 0 Å². The summed E-state index contributed by atoms with van der Waals surface area (Å²) in [5.41, 5.74) is 2.10. The lowest BCUT2D eigenvalue weighted by molar-refractivity contribution is 0.122. The van der Waals surface area contributed by atoms with Crippen molar-refractivity contribution >= 4 is 31.6 Å². The number of anilines is 1. The molecule has 0 aliphatic carbocycles. The van der Waals surface area contributed by atoms with Crippen LogP contribution in [0.5, 0.6) is 0 Å². The predicted molar refractivity (Wildman–Crippen MR) is 102 cm³/mol. The predicted octanol–water partition coefficient (Wildman–Crippen LogP) is 3.11. The lowest BCUT2D eigenvalue weighted by Gasteiger charge is -2.29. The zero-order valence-electron chi connectivity index (χ0n) is 14.1. The monoisotopic (exact) mass is 424 g/mol. The van der Waals surface area contributed by atoms with Gasteiger partial charge in [-0.1, -0.05) is 28.1 Å². The number of rotatable bonds is 5. The summed E-state index contributed by atoms with van der Waals surface area (Å²) in [5, 5.41) is 0. The number of nitrogens with zero attached hydrogens (tertiary/aromatic N) is 2. The van der Waals surface area contributed by atoms with Crippen molar-refractivity contribution in [2.45, 2.75) is 11.4 Å². The number of sulfonamides is 1. The molecular formula is C18H21BrN2O3S. The Balaban J connectivity index is 1.69. The van der Waals surface area contributed by atoms with Crippen molar-refractivity contribution in [1.82, 2.24) is 4.31 Å². The van der Waals surface area contributed by atoms with E-state index in [4.69, 9.17) is 4.74 Å². The van der Waals surface area contributed by atoms with Crippen molar-refractivity contribution in [3.8, 4) is 0 Å². The lowest BCUT2D eigenvalue weighted by atomic mass is 10.2. The normalized spacial score (nSPS) is 15.6. The SMILES string of the molecule is CN(Cc1ccc(N2CCOCC2)cc1)S(=O)(=O)c1ccc(Br)cc1. The third-order valence-electron chi connectivity index (χ3n) is 4.24. The van der Waals surface area contributed by atoms with Gasteiger partial charge in [0.1, 0.15) is 0 Å². The molecule has 25 heavy (non-hydrogen) atoms. The van der Waals surface area contributed by atoms with E-state index in [9.17, 15) is 8.42 Å². The van der Waals surface area contributed by atoms with Crippen LogP contribution in [0.2, 0.25) is 0 Å². The van der Waals surface area contributed by atoms with Crippen LogP contribution in [0.3, 0.4) is 0 Å². The number of benzene rings is 2. The highest BCUT2D eigenvalue weighted by molar-refractivity contribution is 9.10. The third kappa shape index (κ3) is 4.41. The van der Waals surface area contributed by atoms with Gasteiger partial charge in [0.2, 0.25) is 10.0 Å². The fraction of sp³-hybridized carbons (Fsp3) is 0.333. The first-order valence-electron chi connectivity index (χ1n) is 8.10. The van der Waals surface area contributed by atoms with Gasteiger partial charge in [-0.05, 0) is 42.0 Å². The topological polar surface area (TPSA) is 49.9 Å². The molecule has 0 radical (unpaired) electrons. The average Bonchev–Trinajstić information content (AvgIpc) is 2.63. The summed E-state index contributed by atoms with van der Waals surface area (Å²) < 4.78 is 32.9. The zero-order chi connectivity index (χ0) is 17.9. The van der Waals surface area contributed by atoms with E-state index < -0.39 is 10.0 Å². The quantitative estimate of drug-likeness (QED) is 0.739. The molecular weight excluding hydrogens is 404 g/mol. The molecule has 0 aromatic heterocycles. The van der Waals surface area contributed by atoms with Crippen LogP contribution in [-0.4, -0.2) is 46.1 Å². The van der Waals surface area contributed by atoms with Crippen molar-refractivity contribution in [1.29, 1.82) is 0 Å².